The molecule has 0 N–H and O–H groups in total. The lowest BCUT2D eigenvalue weighted by molar-refractivity contribution is 0.00324. The van der Waals surface area contributed by atoms with Gasteiger partial charge in [0.15, 0.2) is 0 Å². The van der Waals surface area contributed by atoms with Gasteiger partial charge in [0.1, 0.15) is 6.10 Å². The molecule has 0 heterocycles. The Morgan fingerprint density at radius 1 is 0.808 bits per heavy atom. The van der Waals surface area contributed by atoms with Crippen LogP contribution in [-0.4, -0.2) is 12.1 Å². The van der Waals surface area contributed by atoms with Gasteiger partial charge in [-0.1, -0.05) is 91.7 Å². The first-order chi connectivity index (χ1) is 12.5. The molecule has 0 aromatic heterocycles. The van der Waals surface area contributed by atoms with Crippen molar-refractivity contribution in [2.24, 2.45) is 11.8 Å². The van der Waals surface area contributed by atoms with E-state index in [0.717, 1.165) is 6.42 Å². The maximum atomic E-state index is 12.4. The predicted octanol–water partition coefficient (Wildman–Crippen LogP) is 7.21. The van der Waals surface area contributed by atoms with E-state index in [9.17, 15) is 4.79 Å². The van der Waals surface area contributed by atoms with Crippen molar-refractivity contribution in [3.63, 3.8) is 0 Å². The second kappa shape index (κ2) is 12.9. The Morgan fingerprint density at radius 3 is 1.81 bits per heavy atom. The number of carbonyl (C=O) groups is 1. The monoisotopic (exact) mass is 360 g/mol. The summed E-state index contributed by atoms with van der Waals surface area (Å²) in [6.07, 6.45) is 11.8. The molecular formula is C24H40O2. The fourth-order valence-electron chi connectivity index (χ4n) is 3.50. The zero-order chi connectivity index (χ0) is 19.4. The van der Waals surface area contributed by atoms with Gasteiger partial charge < -0.3 is 4.74 Å². The van der Waals surface area contributed by atoms with Crippen LogP contribution in [0, 0.1) is 11.8 Å². The van der Waals surface area contributed by atoms with Crippen molar-refractivity contribution in [3.8, 4) is 0 Å². The molecule has 0 unspecified atom stereocenters. The SMILES string of the molecule is CCCCCCCCCCc1ccc(C(=O)OC(C(C)C)C(C)C)cc1. The predicted molar refractivity (Wildman–Crippen MR) is 112 cm³/mol. The lowest BCUT2D eigenvalue weighted by Crippen LogP contribution is -2.28. The first-order valence-corrected chi connectivity index (χ1v) is 10.8. The molecule has 0 aliphatic carbocycles. The fraction of sp³-hybridized carbons (Fsp3) is 0.708. The van der Waals surface area contributed by atoms with Crippen molar-refractivity contribution >= 4 is 5.97 Å². The van der Waals surface area contributed by atoms with Crippen LogP contribution in [0.2, 0.25) is 0 Å². The third-order valence-corrected chi connectivity index (χ3v) is 5.07. The Labute approximate surface area is 161 Å². The summed E-state index contributed by atoms with van der Waals surface area (Å²) in [5.41, 5.74) is 1.98. The third kappa shape index (κ3) is 8.87. The molecule has 0 radical (unpaired) electrons. The number of aryl methyl sites for hydroxylation is 1. The maximum Gasteiger partial charge on any atom is 0.338 e. The number of hydrogen-bond acceptors (Lipinski definition) is 2. The summed E-state index contributed by atoms with van der Waals surface area (Å²) >= 11 is 0. The Morgan fingerprint density at radius 2 is 1.31 bits per heavy atom. The van der Waals surface area contributed by atoms with E-state index >= 15 is 0 Å². The molecule has 1 rings (SSSR count). The van der Waals surface area contributed by atoms with Gasteiger partial charge in [-0.05, 0) is 42.4 Å². The van der Waals surface area contributed by atoms with E-state index < -0.39 is 0 Å². The summed E-state index contributed by atoms with van der Waals surface area (Å²) in [7, 11) is 0. The first-order valence-electron chi connectivity index (χ1n) is 10.8. The summed E-state index contributed by atoms with van der Waals surface area (Å²) in [5.74, 6) is 0.469. The maximum absolute atomic E-state index is 12.4. The molecule has 148 valence electrons. The number of carbonyl (C=O) groups excluding carboxylic acids is 1. The van der Waals surface area contributed by atoms with Crippen LogP contribution in [0.5, 0.6) is 0 Å². The first kappa shape index (κ1) is 22.7. The molecule has 2 nitrogen and oxygen atoms in total. The number of rotatable bonds is 13. The van der Waals surface area contributed by atoms with Crippen molar-refractivity contribution in [1.82, 2.24) is 0 Å². The van der Waals surface area contributed by atoms with Gasteiger partial charge in [0.05, 0.1) is 5.56 Å². The van der Waals surface area contributed by atoms with Crippen molar-refractivity contribution in [3.05, 3.63) is 35.4 Å². The fourth-order valence-corrected chi connectivity index (χ4v) is 3.50. The van der Waals surface area contributed by atoms with Crippen LogP contribution in [0.1, 0.15) is 102 Å². The molecule has 0 saturated heterocycles. The van der Waals surface area contributed by atoms with E-state index in [-0.39, 0.29) is 12.1 Å². The van der Waals surface area contributed by atoms with Crippen LogP contribution in [0.15, 0.2) is 24.3 Å². The standard InChI is InChI=1S/C24H40O2/c1-6-7-8-9-10-11-12-13-14-21-15-17-22(18-16-21)24(25)26-23(19(2)3)20(4)5/h15-20,23H,6-14H2,1-5H3. The van der Waals surface area contributed by atoms with E-state index in [2.05, 4.69) is 46.8 Å². The summed E-state index contributed by atoms with van der Waals surface area (Å²) < 4.78 is 5.71. The van der Waals surface area contributed by atoms with Gasteiger partial charge in [-0.2, -0.15) is 0 Å². The molecular weight excluding hydrogens is 320 g/mol. The normalized spacial score (nSPS) is 11.5. The van der Waals surface area contributed by atoms with E-state index in [1.807, 2.05) is 12.1 Å². The molecule has 1 aromatic rings. The molecule has 0 amide bonds. The third-order valence-electron chi connectivity index (χ3n) is 5.07. The second-order valence-corrected chi connectivity index (χ2v) is 8.28. The summed E-state index contributed by atoms with van der Waals surface area (Å²) in [6, 6.07) is 8.00. The molecule has 0 atom stereocenters. The topological polar surface area (TPSA) is 26.3 Å². The van der Waals surface area contributed by atoms with Crippen LogP contribution in [-0.2, 0) is 11.2 Å². The number of unbranched alkanes of at least 4 members (excludes halogenated alkanes) is 7. The highest BCUT2D eigenvalue weighted by molar-refractivity contribution is 5.89. The van der Waals surface area contributed by atoms with Gasteiger partial charge in [-0.25, -0.2) is 4.79 Å². The van der Waals surface area contributed by atoms with E-state index in [1.165, 1.54) is 56.9 Å². The molecule has 0 spiro atoms. The zero-order valence-corrected chi connectivity index (χ0v) is 17.7. The average molecular weight is 361 g/mol. The van der Waals surface area contributed by atoms with Crippen LogP contribution < -0.4 is 0 Å². The minimum atomic E-state index is -0.198. The molecule has 0 fully saturated rings. The number of esters is 1. The summed E-state index contributed by atoms with van der Waals surface area (Å²) in [4.78, 5) is 12.4. The van der Waals surface area contributed by atoms with E-state index in [1.54, 1.807) is 0 Å². The quantitative estimate of drug-likeness (QED) is 0.274. The second-order valence-electron chi connectivity index (χ2n) is 8.28. The minimum Gasteiger partial charge on any atom is -0.458 e. The molecule has 2 heteroatoms. The number of ether oxygens (including phenoxy) is 1. The highest BCUT2D eigenvalue weighted by atomic mass is 16.5. The van der Waals surface area contributed by atoms with Gasteiger partial charge >= 0.3 is 5.97 Å². The van der Waals surface area contributed by atoms with Crippen LogP contribution >= 0.6 is 0 Å². The summed E-state index contributed by atoms with van der Waals surface area (Å²) in [5, 5.41) is 0. The molecule has 1 aromatic carbocycles. The zero-order valence-electron chi connectivity index (χ0n) is 17.7. The van der Waals surface area contributed by atoms with Crippen LogP contribution in [0.25, 0.3) is 0 Å². The Balaban J connectivity index is 2.33. The molecule has 0 bridgehead atoms. The minimum absolute atomic E-state index is 0.0282. The number of hydrogen-bond donors (Lipinski definition) is 0. The van der Waals surface area contributed by atoms with Crippen molar-refractivity contribution < 1.29 is 9.53 Å². The number of benzene rings is 1. The van der Waals surface area contributed by atoms with Crippen molar-refractivity contribution in [2.45, 2.75) is 98.5 Å². The Hall–Kier alpha value is -1.31. The largest absolute Gasteiger partial charge is 0.458 e. The molecule has 0 saturated carbocycles. The molecule has 26 heavy (non-hydrogen) atoms. The highest BCUT2D eigenvalue weighted by Crippen LogP contribution is 2.19. The van der Waals surface area contributed by atoms with Gasteiger partial charge in [0.2, 0.25) is 0 Å². The smallest absolute Gasteiger partial charge is 0.338 e. The van der Waals surface area contributed by atoms with Crippen LogP contribution in [0.4, 0.5) is 0 Å². The molecule has 0 aliphatic heterocycles. The Kier molecular flexibility index (Phi) is 11.3. The average Bonchev–Trinajstić information content (AvgIpc) is 2.61. The van der Waals surface area contributed by atoms with Crippen molar-refractivity contribution in [1.29, 1.82) is 0 Å². The Bertz CT molecular complexity index is 479. The van der Waals surface area contributed by atoms with E-state index in [0.29, 0.717) is 17.4 Å². The van der Waals surface area contributed by atoms with Gasteiger partial charge in [0, 0.05) is 0 Å². The van der Waals surface area contributed by atoms with Gasteiger partial charge in [-0.3, -0.25) is 0 Å². The van der Waals surface area contributed by atoms with E-state index in [4.69, 9.17) is 4.74 Å². The van der Waals surface area contributed by atoms with Gasteiger partial charge in [0.25, 0.3) is 0 Å². The van der Waals surface area contributed by atoms with Crippen LogP contribution in [0.3, 0.4) is 0 Å². The highest BCUT2D eigenvalue weighted by Gasteiger charge is 2.22. The van der Waals surface area contributed by atoms with Gasteiger partial charge in [-0.15, -0.1) is 0 Å². The summed E-state index contributed by atoms with van der Waals surface area (Å²) in [6.45, 7) is 10.7. The lowest BCUT2D eigenvalue weighted by Gasteiger charge is -2.24. The lowest BCUT2D eigenvalue weighted by atomic mass is 9.96. The van der Waals surface area contributed by atoms with Crippen molar-refractivity contribution in [2.75, 3.05) is 0 Å². The molecule has 0 aliphatic rings.